The number of oxime groups is 1. The van der Waals surface area contributed by atoms with Crippen molar-refractivity contribution >= 4 is 17.8 Å². The first-order chi connectivity index (χ1) is 12.8. The van der Waals surface area contributed by atoms with E-state index in [1.807, 2.05) is 54.6 Å². The number of unbranched alkanes of at least 4 members (excludes halogenated alkanes) is 3. The summed E-state index contributed by atoms with van der Waals surface area (Å²) in [4.78, 5) is 16.9. The van der Waals surface area contributed by atoms with E-state index >= 15 is 0 Å². The fourth-order valence-corrected chi connectivity index (χ4v) is 2.76. The highest BCUT2D eigenvalue weighted by Crippen LogP contribution is 2.22. The summed E-state index contributed by atoms with van der Waals surface area (Å²) in [6, 6.07) is 17.3. The lowest BCUT2D eigenvalue weighted by atomic mass is 10.0. The Labute approximate surface area is 154 Å². The molecule has 0 fully saturated rings. The molecule has 1 aliphatic rings. The van der Waals surface area contributed by atoms with Gasteiger partial charge >= 0.3 is 5.97 Å². The Morgan fingerprint density at radius 1 is 1.00 bits per heavy atom. The highest BCUT2D eigenvalue weighted by molar-refractivity contribution is 6.31. The molecule has 2 aromatic carbocycles. The van der Waals surface area contributed by atoms with Crippen LogP contribution in [-0.4, -0.2) is 18.3 Å². The molecule has 0 atom stereocenters. The van der Waals surface area contributed by atoms with Gasteiger partial charge in [-0.05, 0) is 30.2 Å². The van der Waals surface area contributed by atoms with Crippen LogP contribution in [0, 0.1) is 0 Å². The number of ether oxygens (including phenoxy) is 1. The van der Waals surface area contributed by atoms with Crippen LogP contribution in [-0.2, 0) is 9.63 Å². The molecule has 0 aliphatic carbocycles. The summed E-state index contributed by atoms with van der Waals surface area (Å²) in [5.74, 6) is 0.412. The Bertz CT molecular complexity index is 792. The predicted octanol–water partition coefficient (Wildman–Crippen LogP) is 4.99. The van der Waals surface area contributed by atoms with Gasteiger partial charge in [-0.2, -0.15) is 0 Å². The van der Waals surface area contributed by atoms with Crippen molar-refractivity contribution in [3.8, 4) is 5.75 Å². The molecule has 0 saturated heterocycles. The second-order valence-corrected chi connectivity index (χ2v) is 6.22. The van der Waals surface area contributed by atoms with Crippen molar-refractivity contribution in [3.63, 3.8) is 0 Å². The van der Waals surface area contributed by atoms with Crippen molar-refractivity contribution in [3.05, 3.63) is 71.3 Å². The van der Waals surface area contributed by atoms with E-state index in [0.29, 0.717) is 11.3 Å². The lowest BCUT2D eigenvalue weighted by Crippen LogP contribution is -2.06. The van der Waals surface area contributed by atoms with Gasteiger partial charge in [-0.15, -0.1) is 0 Å². The van der Waals surface area contributed by atoms with Gasteiger partial charge < -0.3 is 9.57 Å². The molecule has 26 heavy (non-hydrogen) atoms. The number of hydrogen-bond acceptors (Lipinski definition) is 4. The van der Waals surface area contributed by atoms with Crippen molar-refractivity contribution in [1.82, 2.24) is 0 Å². The molecule has 0 saturated carbocycles. The quantitative estimate of drug-likeness (QED) is 0.383. The largest absolute Gasteiger partial charge is 0.494 e. The van der Waals surface area contributed by atoms with E-state index in [4.69, 9.17) is 9.57 Å². The highest BCUT2D eigenvalue weighted by Gasteiger charge is 2.26. The minimum Gasteiger partial charge on any atom is -0.494 e. The van der Waals surface area contributed by atoms with Crippen molar-refractivity contribution in [2.24, 2.45) is 5.16 Å². The Kier molecular flexibility index (Phi) is 6.20. The van der Waals surface area contributed by atoms with Crippen molar-refractivity contribution in [2.75, 3.05) is 6.61 Å². The van der Waals surface area contributed by atoms with Gasteiger partial charge in [0.1, 0.15) is 11.5 Å². The van der Waals surface area contributed by atoms with Gasteiger partial charge in [0.05, 0.1) is 12.2 Å². The van der Waals surface area contributed by atoms with E-state index in [0.717, 1.165) is 29.9 Å². The smallest absolute Gasteiger partial charge is 0.368 e. The standard InChI is InChI=1S/C22H23NO3/c1-2-3-4-8-15-25-19-13-11-17(12-14-19)16-20-21(23-26-22(20)24)18-9-6-5-7-10-18/h5-7,9-14,16H,2-4,8,15H2,1H3. The average molecular weight is 349 g/mol. The molecule has 134 valence electrons. The third-order valence-electron chi connectivity index (χ3n) is 4.20. The van der Waals surface area contributed by atoms with Gasteiger partial charge in [0.2, 0.25) is 0 Å². The summed E-state index contributed by atoms with van der Waals surface area (Å²) >= 11 is 0. The van der Waals surface area contributed by atoms with Gasteiger partial charge in [-0.1, -0.05) is 73.8 Å². The van der Waals surface area contributed by atoms with E-state index in [1.54, 1.807) is 6.08 Å². The number of benzene rings is 2. The van der Waals surface area contributed by atoms with E-state index in [2.05, 4.69) is 12.1 Å². The first kappa shape index (κ1) is 17.9. The maximum atomic E-state index is 12.0. The molecule has 3 rings (SSSR count). The molecule has 0 aromatic heterocycles. The summed E-state index contributed by atoms with van der Waals surface area (Å²) in [6.07, 6.45) is 6.54. The molecule has 0 radical (unpaired) electrons. The zero-order valence-corrected chi connectivity index (χ0v) is 15.0. The van der Waals surface area contributed by atoms with Crippen molar-refractivity contribution in [2.45, 2.75) is 32.6 Å². The molecule has 4 heteroatoms. The Balaban J connectivity index is 1.67. The van der Waals surface area contributed by atoms with Gasteiger partial charge in [-0.25, -0.2) is 4.79 Å². The number of nitrogens with zero attached hydrogens (tertiary/aromatic N) is 1. The number of hydrogen-bond donors (Lipinski definition) is 0. The van der Waals surface area contributed by atoms with Crippen LogP contribution < -0.4 is 4.74 Å². The Hall–Kier alpha value is -2.88. The Morgan fingerprint density at radius 2 is 1.77 bits per heavy atom. The lowest BCUT2D eigenvalue weighted by Gasteiger charge is -2.06. The van der Waals surface area contributed by atoms with Crippen LogP contribution in [0.4, 0.5) is 0 Å². The summed E-state index contributed by atoms with van der Waals surface area (Å²) in [7, 11) is 0. The second kappa shape index (κ2) is 8.99. The Morgan fingerprint density at radius 3 is 2.50 bits per heavy atom. The van der Waals surface area contributed by atoms with Crippen LogP contribution in [0.3, 0.4) is 0 Å². The van der Waals surface area contributed by atoms with Crippen LogP contribution in [0.1, 0.15) is 43.7 Å². The summed E-state index contributed by atoms with van der Waals surface area (Å²) < 4.78 is 5.75. The number of rotatable bonds is 8. The third-order valence-corrected chi connectivity index (χ3v) is 4.20. The minimum absolute atomic E-state index is 0.430. The number of carbonyl (C=O) groups is 1. The fraction of sp³-hybridized carbons (Fsp3) is 0.273. The molecule has 0 unspecified atom stereocenters. The molecule has 0 spiro atoms. The second-order valence-electron chi connectivity index (χ2n) is 6.22. The van der Waals surface area contributed by atoms with Crippen LogP contribution in [0.5, 0.6) is 5.75 Å². The van der Waals surface area contributed by atoms with Crippen LogP contribution in [0.25, 0.3) is 6.08 Å². The molecule has 0 N–H and O–H groups in total. The highest BCUT2D eigenvalue weighted by atomic mass is 16.7. The van der Waals surface area contributed by atoms with Crippen molar-refractivity contribution in [1.29, 1.82) is 0 Å². The van der Waals surface area contributed by atoms with E-state index in [9.17, 15) is 4.79 Å². The van der Waals surface area contributed by atoms with Gasteiger partial charge in [0.25, 0.3) is 0 Å². The normalized spacial score (nSPS) is 15.0. The van der Waals surface area contributed by atoms with Crippen LogP contribution >= 0.6 is 0 Å². The summed E-state index contributed by atoms with van der Waals surface area (Å²) in [5.41, 5.74) is 2.79. The first-order valence-corrected chi connectivity index (χ1v) is 9.07. The van der Waals surface area contributed by atoms with E-state index < -0.39 is 5.97 Å². The maximum Gasteiger partial charge on any atom is 0.368 e. The van der Waals surface area contributed by atoms with Gasteiger partial charge in [0, 0.05) is 5.56 Å². The van der Waals surface area contributed by atoms with E-state index in [1.165, 1.54) is 19.3 Å². The van der Waals surface area contributed by atoms with Gasteiger partial charge in [-0.3, -0.25) is 0 Å². The molecule has 0 amide bonds. The van der Waals surface area contributed by atoms with E-state index in [-0.39, 0.29) is 0 Å². The topological polar surface area (TPSA) is 47.9 Å². The molecular weight excluding hydrogens is 326 g/mol. The molecule has 4 nitrogen and oxygen atoms in total. The third kappa shape index (κ3) is 4.60. The van der Waals surface area contributed by atoms with Crippen LogP contribution in [0.2, 0.25) is 0 Å². The zero-order chi connectivity index (χ0) is 18.2. The van der Waals surface area contributed by atoms with Gasteiger partial charge in [0.15, 0.2) is 0 Å². The minimum atomic E-state index is -0.430. The molecular formula is C22H23NO3. The summed E-state index contributed by atoms with van der Waals surface area (Å²) in [5, 5.41) is 3.92. The number of carbonyl (C=O) groups excluding carboxylic acids is 1. The SMILES string of the molecule is CCCCCCOc1ccc(C=C2C(=O)ON=C2c2ccccc2)cc1. The first-order valence-electron chi connectivity index (χ1n) is 9.07. The molecule has 0 bridgehead atoms. The maximum absolute atomic E-state index is 12.0. The van der Waals surface area contributed by atoms with Crippen LogP contribution in [0.15, 0.2) is 65.3 Å². The predicted molar refractivity (Wildman–Crippen MR) is 103 cm³/mol. The molecule has 1 heterocycles. The summed E-state index contributed by atoms with van der Waals surface area (Å²) in [6.45, 7) is 2.93. The molecule has 1 aliphatic heterocycles. The zero-order valence-electron chi connectivity index (χ0n) is 15.0. The average Bonchev–Trinajstić information content (AvgIpc) is 3.04. The molecule has 2 aromatic rings. The lowest BCUT2D eigenvalue weighted by molar-refractivity contribution is -0.136. The fourth-order valence-electron chi connectivity index (χ4n) is 2.76. The van der Waals surface area contributed by atoms with Crippen molar-refractivity contribution < 1.29 is 14.4 Å². The monoisotopic (exact) mass is 349 g/mol.